The molecule has 2 rings (SSSR count). The first kappa shape index (κ1) is 16.2. The lowest BCUT2D eigenvalue weighted by molar-refractivity contribution is 0.566. The summed E-state index contributed by atoms with van der Waals surface area (Å²) >= 11 is 6.66. The largest absolute Gasteiger partial charge is 0.379 e. The van der Waals surface area contributed by atoms with E-state index in [1.54, 1.807) is 12.3 Å². The van der Waals surface area contributed by atoms with Gasteiger partial charge in [-0.1, -0.05) is 22.9 Å². The lowest BCUT2D eigenvalue weighted by atomic mass is 10.2. The van der Waals surface area contributed by atoms with Crippen LogP contribution in [0.4, 0.5) is 10.1 Å². The molecule has 112 valence electrons. The molecule has 2 aromatic rings. The van der Waals surface area contributed by atoms with Crippen LogP contribution >= 0.6 is 31.9 Å². The molecule has 0 aliphatic rings. The highest BCUT2D eigenvalue weighted by atomic mass is 79.9. The van der Waals surface area contributed by atoms with E-state index in [1.165, 1.54) is 16.8 Å². The van der Waals surface area contributed by atoms with E-state index in [-0.39, 0.29) is 11.4 Å². The summed E-state index contributed by atoms with van der Waals surface area (Å²) in [6.45, 7) is 2.94. The number of aromatic nitrogens is 2. The van der Waals surface area contributed by atoms with Gasteiger partial charge in [-0.3, -0.25) is 4.79 Å². The van der Waals surface area contributed by atoms with Crippen LogP contribution in [0.1, 0.15) is 18.9 Å². The first-order valence-corrected chi connectivity index (χ1v) is 8.05. The van der Waals surface area contributed by atoms with E-state index in [4.69, 9.17) is 0 Å². The monoisotopic (exact) mass is 417 g/mol. The average molecular weight is 419 g/mol. The first-order chi connectivity index (χ1) is 10.0. The summed E-state index contributed by atoms with van der Waals surface area (Å²) in [6, 6.07) is 4.48. The lowest BCUT2D eigenvalue weighted by Crippen LogP contribution is -2.24. The van der Waals surface area contributed by atoms with Crippen molar-refractivity contribution in [1.82, 2.24) is 9.78 Å². The Balaban J connectivity index is 2.19. The highest BCUT2D eigenvalue weighted by Crippen LogP contribution is 2.21. The molecule has 1 N–H and O–H groups in total. The zero-order chi connectivity index (χ0) is 15.4. The number of nitrogens with zero attached hydrogens (tertiary/aromatic N) is 2. The van der Waals surface area contributed by atoms with E-state index in [1.807, 2.05) is 6.92 Å². The molecule has 0 spiro atoms. The van der Waals surface area contributed by atoms with Crippen LogP contribution in [-0.2, 0) is 13.1 Å². The fourth-order valence-electron chi connectivity index (χ4n) is 1.83. The summed E-state index contributed by atoms with van der Waals surface area (Å²) in [5.74, 6) is -0.300. The maximum Gasteiger partial charge on any atom is 0.283 e. The predicted octanol–water partition coefficient (Wildman–Crippen LogP) is 3.93. The zero-order valence-electron chi connectivity index (χ0n) is 11.4. The summed E-state index contributed by atoms with van der Waals surface area (Å²) in [4.78, 5) is 12.1. The van der Waals surface area contributed by atoms with E-state index < -0.39 is 0 Å². The van der Waals surface area contributed by atoms with Crippen molar-refractivity contribution in [2.24, 2.45) is 0 Å². The second-order valence-corrected chi connectivity index (χ2v) is 6.14. The van der Waals surface area contributed by atoms with E-state index in [9.17, 15) is 9.18 Å². The van der Waals surface area contributed by atoms with Gasteiger partial charge in [-0.05, 0) is 46.1 Å². The van der Waals surface area contributed by atoms with Gasteiger partial charge in [-0.15, -0.1) is 0 Å². The Kier molecular flexibility index (Phi) is 5.52. The summed E-state index contributed by atoms with van der Waals surface area (Å²) in [5.41, 5.74) is 1.17. The van der Waals surface area contributed by atoms with Crippen molar-refractivity contribution in [2.75, 3.05) is 5.32 Å². The maximum atomic E-state index is 13.2. The molecule has 4 nitrogen and oxygen atoms in total. The number of halogens is 3. The Morgan fingerprint density at radius 2 is 2.14 bits per heavy atom. The van der Waals surface area contributed by atoms with Crippen molar-refractivity contribution in [3.05, 3.63) is 55.1 Å². The number of hydrogen-bond acceptors (Lipinski definition) is 3. The number of aryl methyl sites for hydroxylation is 1. The van der Waals surface area contributed by atoms with Crippen molar-refractivity contribution in [3.8, 4) is 0 Å². The minimum Gasteiger partial charge on any atom is -0.379 e. The Morgan fingerprint density at radius 1 is 1.38 bits per heavy atom. The van der Waals surface area contributed by atoms with Crippen LogP contribution < -0.4 is 10.9 Å². The summed E-state index contributed by atoms with van der Waals surface area (Å²) in [5, 5.41) is 7.19. The fourth-order valence-corrected chi connectivity index (χ4v) is 2.66. The molecule has 0 bridgehead atoms. The molecule has 0 saturated heterocycles. The van der Waals surface area contributed by atoms with Crippen LogP contribution in [0, 0.1) is 5.82 Å². The van der Waals surface area contributed by atoms with Gasteiger partial charge in [0, 0.05) is 17.6 Å². The molecule has 0 unspecified atom stereocenters. The van der Waals surface area contributed by atoms with Crippen molar-refractivity contribution in [1.29, 1.82) is 0 Å². The fraction of sp³-hybridized carbons (Fsp3) is 0.286. The van der Waals surface area contributed by atoms with Crippen molar-refractivity contribution in [2.45, 2.75) is 26.4 Å². The van der Waals surface area contributed by atoms with Crippen LogP contribution in [0.5, 0.6) is 0 Å². The number of benzene rings is 1. The van der Waals surface area contributed by atoms with E-state index >= 15 is 0 Å². The third-order valence-electron chi connectivity index (χ3n) is 2.90. The van der Waals surface area contributed by atoms with Gasteiger partial charge in [-0.2, -0.15) is 5.10 Å². The second-order valence-electron chi connectivity index (χ2n) is 4.49. The van der Waals surface area contributed by atoms with Crippen LogP contribution in [0.3, 0.4) is 0 Å². The smallest absolute Gasteiger partial charge is 0.283 e. The summed E-state index contributed by atoms with van der Waals surface area (Å²) in [6.07, 6.45) is 2.43. The van der Waals surface area contributed by atoms with Gasteiger partial charge in [0.15, 0.2) is 0 Å². The van der Waals surface area contributed by atoms with E-state index in [2.05, 4.69) is 42.3 Å². The molecule has 0 aliphatic heterocycles. The molecule has 0 atom stereocenters. The Hall–Kier alpha value is -1.21. The van der Waals surface area contributed by atoms with Gasteiger partial charge in [0.1, 0.15) is 10.3 Å². The Bertz CT molecular complexity index is 703. The SMILES string of the molecule is CCCn1ncc(NCc2cc(F)ccc2Br)c(Br)c1=O. The minimum absolute atomic E-state index is 0.180. The Morgan fingerprint density at radius 3 is 2.86 bits per heavy atom. The van der Waals surface area contributed by atoms with Gasteiger partial charge < -0.3 is 5.32 Å². The molecule has 21 heavy (non-hydrogen) atoms. The predicted molar refractivity (Wildman–Crippen MR) is 87.9 cm³/mol. The third-order valence-corrected chi connectivity index (χ3v) is 4.44. The van der Waals surface area contributed by atoms with Crippen LogP contribution in [0.15, 0.2) is 38.1 Å². The molecule has 0 fully saturated rings. The third kappa shape index (κ3) is 3.91. The first-order valence-electron chi connectivity index (χ1n) is 6.46. The molecule has 0 saturated carbocycles. The molecule has 1 heterocycles. The molecule has 0 aliphatic carbocycles. The van der Waals surface area contributed by atoms with E-state index in [0.717, 1.165) is 16.5 Å². The van der Waals surface area contributed by atoms with Crippen molar-refractivity contribution >= 4 is 37.5 Å². The average Bonchev–Trinajstić information content (AvgIpc) is 2.46. The normalized spacial score (nSPS) is 10.7. The van der Waals surface area contributed by atoms with Gasteiger partial charge >= 0.3 is 0 Å². The van der Waals surface area contributed by atoms with Gasteiger partial charge in [0.05, 0.1) is 11.9 Å². The topological polar surface area (TPSA) is 46.9 Å². The van der Waals surface area contributed by atoms with Crippen LogP contribution in [-0.4, -0.2) is 9.78 Å². The molecule has 0 radical (unpaired) electrons. The maximum absolute atomic E-state index is 13.2. The lowest BCUT2D eigenvalue weighted by Gasteiger charge is -2.11. The summed E-state index contributed by atoms with van der Waals surface area (Å²) < 4.78 is 15.9. The summed E-state index contributed by atoms with van der Waals surface area (Å²) in [7, 11) is 0. The van der Waals surface area contributed by atoms with Crippen molar-refractivity contribution in [3.63, 3.8) is 0 Å². The standard InChI is InChI=1S/C14H14Br2FN3O/c1-2-5-20-14(21)13(16)12(8-19-20)18-7-9-6-10(17)3-4-11(9)15/h3-4,6,8,18H,2,5,7H2,1H3. The highest BCUT2D eigenvalue weighted by Gasteiger charge is 2.09. The van der Waals surface area contributed by atoms with Gasteiger partial charge in [-0.25, -0.2) is 9.07 Å². The Labute approximate surface area is 138 Å². The van der Waals surface area contributed by atoms with Gasteiger partial charge in [0.2, 0.25) is 0 Å². The number of anilines is 1. The number of hydrogen-bond donors (Lipinski definition) is 1. The van der Waals surface area contributed by atoms with Crippen LogP contribution in [0.2, 0.25) is 0 Å². The minimum atomic E-state index is -0.300. The van der Waals surface area contributed by atoms with Gasteiger partial charge in [0.25, 0.3) is 5.56 Å². The van der Waals surface area contributed by atoms with Crippen LogP contribution in [0.25, 0.3) is 0 Å². The molecular formula is C14H14Br2FN3O. The second kappa shape index (κ2) is 7.17. The quantitative estimate of drug-likeness (QED) is 0.800. The molecule has 1 aromatic heterocycles. The molecule has 1 aromatic carbocycles. The highest BCUT2D eigenvalue weighted by molar-refractivity contribution is 9.10. The number of nitrogens with one attached hydrogen (secondary N) is 1. The molecule has 0 amide bonds. The zero-order valence-corrected chi connectivity index (χ0v) is 14.5. The van der Waals surface area contributed by atoms with Crippen molar-refractivity contribution < 1.29 is 4.39 Å². The number of rotatable bonds is 5. The molecule has 7 heteroatoms. The van der Waals surface area contributed by atoms with E-state index in [0.29, 0.717) is 23.2 Å². The molecular weight excluding hydrogens is 405 g/mol.